The smallest absolute Gasteiger partial charge is 0.459 e. The number of ether oxygens (including phenoxy) is 4. The predicted octanol–water partition coefficient (Wildman–Crippen LogP) is 5.88. The molecule has 55 heavy (non-hydrogen) atoms. The lowest BCUT2D eigenvalue weighted by atomic mass is 9.87. The summed E-state index contributed by atoms with van der Waals surface area (Å²) in [6.45, 7) is 9.32. The van der Waals surface area contributed by atoms with E-state index in [1.165, 1.54) is 29.9 Å². The average molecular weight is 796 g/mol. The zero-order valence-electron chi connectivity index (χ0n) is 31.1. The highest BCUT2D eigenvalue weighted by molar-refractivity contribution is 7.52. The molecule has 0 radical (unpaired) electrons. The van der Waals surface area contributed by atoms with Gasteiger partial charge in [0, 0.05) is 0 Å². The Kier molecular flexibility index (Phi) is 11.0. The van der Waals surface area contributed by atoms with E-state index in [1.807, 2.05) is 0 Å². The van der Waals surface area contributed by atoms with Crippen LogP contribution < -0.4 is 15.3 Å². The second-order valence-corrected chi connectivity index (χ2v) is 16.6. The van der Waals surface area contributed by atoms with Gasteiger partial charge >= 0.3 is 31.8 Å². The maximum atomic E-state index is 14.9. The first-order valence-electron chi connectivity index (χ1n) is 18.1. The Hall–Kier alpha value is -4.25. The molecular formula is C36H45F3N5O10P. The molecule has 2 aromatic heterocycles. The summed E-state index contributed by atoms with van der Waals surface area (Å²) in [6.07, 6.45) is -8.18. The summed E-state index contributed by atoms with van der Waals surface area (Å²) in [7, 11) is -4.70. The molecule has 2 saturated carbocycles. The Bertz CT molecular complexity index is 1960. The number of anilines is 1. The first kappa shape index (κ1) is 40.4. The lowest BCUT2D eigenvalue weighted by molar-refractivity contribution is -0.189. The fourth-order valence-corrected chi connectivity index (χ4v) is 8.85. The van der Waals surface area contributed by atoms with E-state index in [-0.39, 0.29) is 37.3 Å². The van der Waals surface area contributed by atoms with Gasteiger partial charge in [-0.15, -0.1) is 0 Å². The largest absolute Gasteiger partial charge is 0.461 e. The maximum Gasteiger partial charge on any atom is 0.459 e. The van der Waals surface area contributed by atoms with Crippen molar-refractivity contribution < 1.29 is 60.1 Å². The van der Waals surface area contributed by atoms with Crippen LogP contribution in [-0.2, 0) is 42.4 Å². The minimum absolute atomic E-state index is 0.00600. The van der Waals surface area contributed by atoms with E-state index in [2.05, 4.69) is 15.2 Å². The van der Waals surface area contributed by atoms with Crippen molar-refractivity contribution in [3.63, 3.8) is 0 Å². The van der Waals surface area contributed by atoms with E-state index in [0.29, 0.717) is 11.2 Å². The van der Waals surface area contributed by atoms with E-state index >= 15 is 0 Å². The number of nitrogens with two attached hydrogens (primary N) is 1. The van der Waals surface area contributed by atoms with Crippen molar-refractivity contribution in [1.29, 1.82) is 0 Å². The quantitative estimate of drug-likeness (QED) is 0.118. The number of esters is 3. The zero-order valence-corrected chi connectivity index (χ0v) is 32.0. The lowest BCUT2D eigenvalue weighted by Crippen LogP contribution is -2.45. The number of halogens is 3. The van der Waals surface area contributed by atoms with Gasteiger partial charge in [0.2, 0.25) is 5.60 Å². The summed E-state index contributed by atoms with van der Waals surface area (Å²) in [4.78, 5) is 44.1. The summed E-state index contributed by atoms with van der Waals surface area (Å²) in [5.74, 6) is -4.80. The highest BCUT2D eigenvalue weighted by Crippen LogP contribution is 2.71. The molecular weight excluding hydrogens is 750 g/mol. The molecule has 3 aromatic rings. The van der Waals surface area contributed by atoms with E-state index in [9.17, 15) is 32.1 Å². The number of alkyl halides is 3. The van der Waals surface area contributed by atoms with Gasteiger partial charge in [0.15, 0.2) is 11.9 Å². The van der Waals surface area contributed by atoms with Crippen molar-refractivity contribution in [3.8, 4) is 5.75 Å². The molecule has 3 N–H and O–H groups in total. The molecule has 6 rings (SSSR count). The first-order chi connectivity index (χ1) is 25.8. The molecule has 0 amide bonds. The Morgan fingerprint density at radius 1 is 0.964 bits per heavy atom. The summed E-state index contributed by atoms with van der Waals surface area (Å²) in [5.41, 5.74) is 3.35. The molecule has 3 aliphatic rings. The highest BCUT2D eigenvalue weighted by Gasteiger charge is 2.91. The van der Waals surface area contributed by atoms with E-state index < -0.39 is 91.2 Å². The van der Waals surface area contributed by atoms with Gasteiger partial charge in [-0.1, -0.05) is 45.9 Å². The van der Waals surface area contributed by atoms with Crippen LogP contribution in [0.25, 0.3) is 5.52 Å². The minimum Gasteiger partial charge on any atom is -0.461 e. The van der Waals surface area contributed by atoms with Crippen LogP contribution in [0.1, 0.15) is 79.0 Å². The number of aromatic nitrogens is 3. The minimum atomic E-state index is -4.70. The second-order valence-electron chi connectivity index (χ2n) is 14.9. The molecule has 1 aromatic carbocycles. The summed E-state index contributed by atoms with van der Waals surface area (Å²) in [6, 6.07) is 9.84. The van der Waals surface area contributed by atoms with Gasteiger partial charge in [-0.25, -0.2) is 14.1 Å². The highest BCUT2D eigenvalue weighted by atomic mass is 31.2. The fraction of sp³-hybridized carbons (Fsp3) is 0.583. The molecule has 300 valence electrons. The number of nitrogens with one attached hydrogen (secondary N) is 1. The molecule has 1 saturated heterocycles. The Morgan fingerprint density at radius 2 is 1.62 bits per heavy atom. The van der Waals surface area contributed by atoms with Gasteiger partial charge in [-0.3, -0.25) is 18.9 Å². The van der Waals surface area contributed by atoms with Crippen molar-refractivity contribution in [2.75, 3.05) is 5.73 Å². The van der Waals surface area contributed by atoms with Gasteiger partial charge < -0.3 is 29.2 Å². The van der Waals surface area contributed by atoms with E-state index in [1.54, 1.807) is 65.0 Å². The third-order valence-corrected chi connectivity index (χ3v) is 11.9. The second kappa shape index (κ2) is 15.0. The Labute approximate surface area is 315 Å². The van der Waals surface area contributed by atoms with Crippen LogP contribution in [0, 0.1) is 17.8 Å². The number of hydrogen-bond donors (Lipinski definition) is 2. The molecule has 3 heterocycles. The Balaban J connectivity index is 1.33. The van der Waals surface area contributed by atoms with Crippen molar-refractivity contribution in [2.24, 2.45) is 17.8 Å². The van der Waals surface area contributed by atoms with Crippen LogP contribution in [0.4, 0.5) is 19.0 Å². The van der Waals surface area contributed by atoms with Crippen molar-refractivity contribution >= 4 is 37.0 Å². The standard InChI is InChI=1S/C36H45F3N5O10P/c1-19(2)30(45)50-28-27(25-16-17-26-29(40)41-18-42-44(25)26)51-34(6)33(35(28,34)52-31(46)20(3)4)54-55(48,53-24-10-8-7-9-11-24)43-21(5)32(47)49-23-14-12-22(13-15-23)36(37,38)39/h7-11,16-23,27-28,33H,12-15H2,1-6H3,(H,43,48)(H2,40,41,42)/t21-,22?,23?,27-,28-,33?,34+,35+,55+/m0/s1. The molecule has 7 atom stereocenters. The first-order valence-corrected chi connectivity index (χ1v) is 19.6. The van der Waals surface area contributed by atoms with Gasteiger partial charge in [-0.05, 0) is 63.8 Å². The number of nitrogens with zero attached hydrogens (tertiary/aromatic N) is 3. The molecule has 1 unspecified atom stereocenters. The van der Waals surface area contributed by atoms with Crippen LogP contribution in [0.15, 0.2) is 48.8 Å². The average Bonchev–Trinajstić information content (AvgIpc) is 3.38. The molecule has 2 aliphatic carbocycles. The maximum absolute atomic E-state index is 14.9. The normalized spacial score (nSPS) is 29.3. The van der Waals surface area contributed by atoms with Crippen molar-refractivity contribution in [1.82, 2.24) is 19.7 Å². The fourth-order valence-electron chi connectivity index (χ4n) is 7.08. The van der Waals surface area contributed by atoms with Crippen LogP contribution in [0.2, 0.25) is 0 Å². The van der Waals surface area contributed by atoms with Crippen LogP contribution >= 0.6 is 7.75 Å². The topological polar surface area (TPSA) is 192 Å². The van der Waals surface area contributed by atoms with Gasteiger partial charge in [0.05, 0.1) is 23.4 Å². The number of benzene rings is 1. The number of fused-ring (bicyclic) bond motifs is 2. The number of nitrogen functional groups attached to an aromatic ring is 1. The van der Waals surface area contributed by atoms with Crippen LogP contribution in [0.5, 0.6) is 5.75 Å². The van der Waals surface area contributed by atoms with Crippen LogP contribution in [0.3, 0.4) is 0 Å². The lowest BCUT2D eigenvalue weighted by Gasteiger charge is -2.32. The summed E-state index contributed by atoms with van der Waals surface area (Å²) >= 11 is 0. The van der Waals surface area contributed by atoms with Gasteiger partial charge in [0.1, 0.15) is 47.5 Å². The van der Waals surface area contributed by atoms with E-state index in [4.69, 9.17) is 33.7 Å². The molecule has 3 fully saturated rings. The summed E-state index contributed by atoms with van der Waals surface area (Å²) < 4.78 is 92.6. The summed E-state index contributed by atoms with van der Waals surface area (Å²) in [5, 5.41) is 6.89. The number of carbonyl (C=O) groups excluding carboxylic acids is 3. The monoisotopic (exact) mass is 795 g/mol. The van der Waals surface area contributed by atoms with Gasteiger partial charge in [-0.2, -0.15) is 23.4 Å². The van der Waals surface area contributed by atoms with Crippen LogP contribution in [-0.4, -0.2) is 74.2 Å². The van der Waals surface area contributed by atoms with Crippen molar-refractivity contribution in [2.45, 2.75) is 115 Å². The number of rotatable bonds is 13. The molecule has 0 bridgehead atoms. The zero-order chi connectivity index (χ0) is 40.1. The molecule has 0 spiro atoms. The third kappa shape index (κ3) is 7.78. The van der Waals surface area contributed by atoms with Gasteiger partial charge in [0.25, 0.3) is 0 Å². The Morgan fingerprint density at radius 3 is 2.24 bits per heavy atom. The molecule has 19 heteroatoms. The number of carbonyl (C=O) groups is 3. The predicted molar refractivity (Wildman–Crippen MR) is 188 cm³/mol. The molecule has 15 nitrogen and oxygen atoms in total. The number of hydrogen-bond acceptors (Lipinski definition) is 13. The molecule has 1 aliphatic heterocycles. The SMILES string of the molecule is CC(C)C(=O)O[C@H]1[C@H](c2ccc3c(N)ncnn23)O[C@]2(C)C(O[P@@](=O)(N[C@@H](C)C(=O)OC3CCC(C(F)(F)F)CC3)Oc3ccccc3)[C@]12OC(=O)C(C)C. The van der Waals surface area contributed by atoms with Crippen molar-refractivity contribution in [3.05, 3.63) is 54.5 Å². The number of para-hydroxylation sites is 1. The third-order valence-electron chi connectivity index (χ3n) is 10.2. The van der Waals surface area contributed by atoms with E-state index in [0.717, 1.165) is 0 Å².